The van der Waals surface area contributed by atoms with E-state index in [1.54, 1.807) is 0 Å². The van der Waals surface area contributed by atoms with Crippen LogP contribution in [-0.4, -0.2) is 11.1 Å². The van der Waals surface area contributed by atoms with Crippen LogP contribution in [0.4, 0.5) is 11.4 Å². The second-order valence-corrected chi connectivity index (χ2v) is 4.50. The van der Waals surface area contributed by atoms with Crippen LogP contribution >= 0.6 is 11.6 Å². The van der Waals surface area contributed by atoms with Crippen molar-refractivity contribution in [3.8, 4) is 0 Å². The Morgan fingerprint density at radius 3 is 2.50 bits per heavy atom. The average molecular weight is 243 g/mol. The standard InChI is InChI=1S/C11H15ClN2O2/c1-5(2)3-6-7(11(15)16)4-8(13)9(12)10(6)14/h4-5H,3,13-14H2,1-2H3,(H,15,16). The van der Waals surface area contributed by atoms with E-state index < -0.39 is 5.97 Å². The third-order valence-corrected chi connectivity index (χ3v) is 2.70. The first-order valence-corrected chi connectivity index (χ1v) is 5.32. The Kier molecular flexibility index (Phi) is 3.65. The molecule has 5 heteroatoms. The molecule has 0 bridgehead atoms. The highest BCUT2D eigenvalue weighted by Gasteiger charge is 2.18. The minimum absolute atomic E-state index is 0.133. The van der Waals surface area contributed by atoms with Crippen molar-refractivity contribution in [3.63, 3.8) is 0 Å². The molecule has 0 amide bonds. The lowest BCUT2D eigenvalue weighted by Crippen LogP contribution is -2.10. The minimum Gasteiger partial charge on any atom is -0.478 e. The molecule has 0 fully saturated rings. The van der Waals surface area contributed by atoms with E-state index in [1.165, 1.54) is 6.07 Å². The normalized spacial score (nSPS) is 10.8. The van der Waals surface area contributed by atoms with E-state index in [-0.39, 0.29) is 22.0 Å². The second kappa shape index (κ2) is 4.61. The summed E-state index contributed by atoms with van der Waals surface area (Å²) in [5.74, 6) is -0.745. The lowest BCUT2D eigenvalue weighted by molar-refractivity contribution is 0.0695. The largest absolute Gasteiger partial charge is 0.478 e. The number of rotatable bonds is 3. The molecule has 0 saturated carbocycles. The first-order chi connectivity index (χ1) is 7.34. The van der Waals surface area contributed by atoms with Gasteiger partial charge in [0.25, 0.3) is 0 Å². The van der Waals surface area contributed by atoms with Gasteiger partial charge < -0.3 is 16.6 Å². The number of carboxylic acid groups (broad SMARTS) is 1. The molecule has 0 spiro atoms. The highest BCUT2D eigenvalue weighted by molar-refractivity contribution is 6.36. The number of nitrogens with two attached hydrogens (primary N) is 2. The zero-order chi connectivity index (χ0) is 12.5. The zero-order valence-corrected chi connectivity index (χ0v) is 10.0. The van der Waals surface area contributed by atoms with Gasteiger partial charge in [-0.15, -0.1) is 0 Å². The summed E-state index contributed by atoms with van der Waals surface area (Å²) in [6, 6.07) is 1.36. The Morgan fingerprint density at radius 1 is 1.50 bits per heavy atom. The molecule has 0 radical (unpaired) electrons. The first kappa shape index (κ1) is 12.6. The van der Waals surface area contributed by atoms with Crippen LogP contribution in [0.2, 0.25) is 5.02 Å². The second-order valence-electron chi connectivity index (χ2n) is 4.12. The Hall–Kier alpha value is -1.42. The Bertz CT molecular complexity index is 430. The van der Waals surface area contributed by atoms with Crippen LogP contribution in [0.5, 0.6) is 0 Å². The highest BCUT2D eigenvalue weighted by atomic mass is 35.5. The minimum atomic E-state index is -1.04. The number of halogens is 1. The molecule has 16 heavy (non-hydrogen) atoms. The molecule has 0 aliphatic heterocycles. The summed E-state index contributed by atoms with van der Waals surface area (Å²) in [6.07, 6.45) is 0.563. The molecular weight excluding hydrogens is 228 g/mol. The smallest absolute Gasteiger partial charge is 0.336 e. The van der Waals surface area contributed by atoms with Crippen LogP contribution in [0.3, 0.4) is 0 Å². The van der Waals surface area contributed by atoms with Gasteiger partial charge in [-0.1, -0.05) is 25.4 Å². The van der Waals surface area contributed by atoms with Crippen LogP contribution in [0.15, 0.2) is 6.07 Å². The number of benzene rings is 1. The van der Waals surface area contributed by atoms with Crippen LogP contribution in [0, 0.1) is 5.92 Å². The van der Waals surface area contributed by atoms with E-state index in [1.807, 2.05) is 13.8 Å². The van der Waals surface area contributed by atoms with Crippen molar-refractivity contribution in [3.05, 3.63) is 22.2 Å². The topological polar surface area (TPSA) is 89.3 Å². The first-order valence-electron chi connectivity index (χ1n) is 4.94. The van der Waals surface area contributed by atoms with E-state index >= 15 is 0 Å². The lowest BCUT2D eigenvalue weighted by atomic mass is 9.95. The maximum absolute atomic E-state index is 11.1. The molecular formula is C11H15ClN2O2. The number of carbonyl (C=O) groups is 1. The van der Waals surface area contributed by atoms with Crippen molar-refractivity contribution in [1.82, 2.24) is 0 Å². The zero-order valence-electron chi connectivity index (χ0n) is 9.25. The van der Waals surface area contributed by atoms with Gasteiger partial charge in [-0.05, 0) is 24.0 Å². The fraction of sp³-hybridized carbons (Fsp3) is 0.364. The fourth-order valence-corrected chi connectivity index (χ4v) is 1.73. The van der Waals surface area contributed by atoms with Gasteiger partial charge in [0.2, 0.25) is 0 Å². The molecule has 0 aliphatic carbocycles. The number of anilines is 2. The molecule has 0 aromatic heterocycles. The van der Waals surface area contributed by atoms with Crippen molar-refractivity contribution in [2.24, 2.45) is 5.92 Å². The van der Waals surface area contributed by atoms with Gasteiger partial charge >= 0.3 is 5.97 Å². The predicted octanol–water partition coefficient (Wildman–Crippen LogP) is 2.40. The monoisotopic (exact) mass is 242 g/mol. The molecule has 0 unspecified atom stereocenters. The maximum Gasteiger partial charge on any atom is 0.336 e. The van der Waals surface area contributed by atoms with Crippen LogP contribution in [0.25, 0.3) is 0 Å². The average Bonchev–Trinajstić information content (AvgIpc) is 2.17. The van der Waals surface area contributed by atoms with Crippen molar-refractivity contribution < 1.29 is 9.90 Å². The molecule has 0 aliphatic rings. The molecule has 1 rings (SSSR count). The molecule has 1 aromatic rings. The van der Waals surface area contributed by atoms with Crippen LogP contribution < -0.4 is 11.5 Å². The summed E-state index contributed by atoms with van der Waals surface area (Å²) in [4.78, 5) is 11.1. The fourth-order valence-electron chi connectivity index (χ4n) is 1.56. The van der Waals surface area contributed by atoms with Gasteiger partial charge in [0.15, 0.2) is 0 Å². The van der Waals surface area contributed by atoms with Crippen molar-refractivity contribution >= 4 is 28.9 Å². The Morgan fingerprint density at radius 2 is 2.06 bits per heavy atom. The van der Waals surface area contributed by atoms with Gasteiger partial charge in [0.1, 0.15) is 0 Å². The van der Waals surface area contributed by atoms with E-state index in [0.717, 1.165) is 0 Å². The number of nitrogen functional groups attached to an aromatic ring is 2. The van der Waals surface area contributed by atoms with E-state index in [2.05, 4.69) is 0 Å². The summed E-state index contributed by atoms with van der Waals surface area (Å²) in [7, 11) is 0. The molecule has 88 valence electrons. The maximum atomic E-state index is 11.1. The van der Waals surface area contributed by atoms with Gasteiger partial charge in [0.05, 0.1) is 22.0 Å². The quantitative estimate of drug-likeness (QED) is 0.710. The van der Waals surface area contributed by atoms with Gasteiger partial charge in [0, 0.05) is 0 Å². The molecule has 0 atom stereocenters. The van der Waals surface area contributed by atoms with Crippen LogP contribution in [0.1, 0.15) is 29.8 Å². The van der Waals surface area contributed by atoms with E-state index in [0.29, 0.717) is 17.9 Å². The summed E-state index contributed by atoms with van der Waals surface area (Å²) in [6.45, 7) is 3.96. The predicted molar refractivity (Wildman–Crippen MR) is 65.8 cm³/mol. The summed E-state index contributed by atoms with van der Waals surface area (Å²) >= 11 is 5.90. The molecule has 4 nitrogen and oxygen atoms in total. The van der Waals surface area contributed by atoms with Gasteiger partial charge in [-0.3, -0.25) is 0 Å². The number of hydrogen-bond donors (Lipinski definition) is 3. The van der Waals surface area contributed by atoms with Crippen LogP contribution in [-0.2, 0) is 6.42 Å². The van der Waals surface area contributed by atoms with Gasteiger partial charge in [-0.25, -0.2) is 4.79 Å². The highest BCUT2D eigenvalue weighted by Crippen LogP contribution is 2.33. The Balaban J connectivity index is 3.41. The molecule has 1 aromatic carbocycles. The van der Waals surface area contributed by atoms with Crippen molar-refractivity contribution in [2.45, 2.75) is 20.3 Å². The van der Waals surface area contributed by atoms with Crippen molar-refractivity contribution in [2.75, 3.05) is 11.5 Å². The number of aromatic carboxylic acids is 1. The summed E-state index contributed by atoms with van der Waals surface area (Å²) in [5.41, 5.74) is 12.5. The SMILES string of the molecule is CC(C)Cc1c(C(=O)O)cc(N)c(Cl)c1N. The van der Waals surface area contributed by atoms with E-state index in [9.17, 15) is 4.79 Å². The summed E-state index contributed by atoms with van der Waals surface area (Å²) < 4.78 is 0. The molecule has 0 saturated heterocycles. The molecule has 0 heterocycles. The third-order valence-electron chi connectivity index (χ3n) is 2.28. The Labute approximate surface area is 99.2 Å². The molecule has 5 N–H and O–H groups in total. The third kappa shape index (κ3) is 2.39. The number of carboxylic acids is 1. The lowest BCUT2D eigenvalue weighted by Gasteiger charge is -2.14. The number of hydrogen-bond acceptors (Lipinski definition) is 3. The van der Waals surface area contributed by atoms with Crippen molar-refractivity contribution in [1.29, 1.82) is 0 Å². The van der Waals surface area contributed by atoms with E-state index in [4.69, 9.17) is 28.2 Å². The summed E-state index contributed by atoms with van der Waals surface area (Å²) in [5, 5.41) is 9.30. The van der Waals surface area contributed by atoms with Gasteiger partial charge in [-0.2, -0.15) is 0 Å².